The number of aliphatic carboxylic acids is 1. The number of carboxylic acid groups (broad SMARTS) is 1. The van der Waals surface area contributed by atoms with Crippen LogP contribution in [0.1, 0.15) is 6.42 Å². The van der Waals surface area contributed by atoms with E-state index in [2.05, 4.69) is 5.32 Å². The van der Waals surface area contributed by atoms with Crippen molar-refractivity contribution >= 4 is 23.5 Å². The van der Waals surface area contributed by atoms with Gasteiger partial charge in [-0.15, -0.1) is 0 Å². The van der Waals surface area contributed by atoms with E-state index in [0.717, 1.165) is 0 Å². The third kappa shape index (κ3) is 3.99. The van der Waals surface area contributed by atoms with Crippen LogP contribution in [0.5, 0.6) is 5.75 Å². The normalized spacial score (nSPS) is 20.6. The van der Waals surface area contributed by atoms with E-state index in [1.165, 1.54) is 0 Å². The van der Waals surface area contributed by atoms with Gasteiger partial charge in [0.1, 0.15) is 5.75 Å². The number of halogens is 1. The van der Waals surface area contributed by atoms with E-state index in [4.69, 9.17) is 21.4 Å². The zero-order valence-corrected chi connectivity index (χ0v) is 11.3. The van der Waals surface area contributed by atoms with E-state index in [0.29, 0.717) is 17.2 Å². The number of rotatable bonds is 5. The topological polar surface area (TPSA) is 75.6 Å². The molecule has 2 rings (SSSR count). The first-order valence-electron chi connectivity index (χ1n) is 6.13. The van der Waals surface area contributed by atoms with Crippen molar-refractivity contribution in [2.75, 3.05) is 6.61 Å². The molecule has 106 valence electrons. The van der Waals surface area contributed by atoms with E-state index in [9.17, 15) is 9.59 Å². The van der Waals surface area contributed by atoms with Crippen molar-refractivity contribution in [1.82, 2.24) is 5.32 Å². The molecular formula is C14H14ClNO4. The Labute approximate surface area is 121 Å². The smallest absolute Gasteiger partial charge is 0.310 e. The van der Waals surface area contributed by atoms with Gasteiger partial charge >= 0.3 is 5.97 Å². The highest BCUT2D eigenvalue weighted by Crippen LogP contribution is 2.18. The summed E-state index contributed by atoms with van der Waals surface area (Å²) in [6.07, 6.45) is 3.66. The standard InChI is InChI=1S/C14H14ClNO4/c15-10-2-5-12(6-3-10)20-8-13(17)16-11-4-1-9(7-11)14(18)19/h1-6,9,11H,7-8H2,(H,16,17)(H,18,19). The first-order chi connectivity index (χ1) is 9.54. The maximum Gasteiger partial charge on any atom is 0.310 e. The lowest BCUT2D eigenvalue weighted by molar-refractivity contribution is -0.140. The average molecular weight is 296 g/mol. The van der Waals surface area contributed by atoms with Gasteiger partial charge in [-0.1, -0.05) is 23.8 Å². The van der Waals surface area contributed by atoms with E-state index in [-0.39, 0.29) is 18.6 Å². The molecule has 0 radical (unpaired) electrons. The number of hydrogen-bond donors (Lipinski definition) is 2. The Morgan fingerprint density at radius 2 is 2.00 bits per heavy atom. The van der Waals surface area contributed by atoms with Crippen molar-refractivity contribution in [1.29, 1.82) is 0 Å². The van der Waals surface area contributed by atoms with Gasteiger partial charge in [-0.05, 0) is 30.7 Å². The van der Waals surface area contributed by atoms with Crippen LogP contribution in [-0.4, -0.2) is 29.6 Å². The molecular weight excluding hydrogens is 282 g/mol. The summed E-state index contributed by atoms with van der Waals surface area (Å²) in [7, 11) is 0. The summed E-state index contributed by atoms with van der Waals surface area (Å²) in [4.78, 5) is 22.4. The largest absolute Gasteiger partial charge is 0.484 e. The number of carboxylic acids is 1. The molecule has 0 heterocycles. The maximum absolute atomic E-state index is 11.7. The van der Waals surface area contributed by atoms with Crippen molar-refractivity contribution in [2.45, 2.75) is 12.5 Å². The van der Waals surface area contributed by atoms with Crippen LogP contribution in [0.25, 0.3) is 0 Å². The Kier molecular flexibility index (Phi) is 4.63. The maximum atomic E-state index is 11.7. The zero-order valence-electron chi connectivity index (χ0n) is 10.6. The van der Waals surface area contributed by atoms with Crippen LogP contribution in [0.4, 0.5) is 0 Å². The molecule has 0 saturated carbocycles. The molecule has 0 aromatic heterocycles. The molecule has 0 bridgehead atoms. The second-order valence-corrected chi connectivity index (χ2v) is 4.92. The fraction of sp³-hybridized carbons (Fsp3) is 0.286. The quantitative estimate of drug-likeness (QED) is 0.813. The number of nitrogens with one attached hydrogen (secondary N) is 1. The van der Waals surface area contributed by atoms with Gasteiger partial charge in [0.25, 0.3) is 5.91 Å². The minimum Gasteiger partial charge on any atom is -0.484 e. The summed E-state index contributed by atoms with van der Waals surface area (Å²) in [6, 6.07) is 6.44. The van der Waals surface area contributed by atoms with Gasteiger partial charge in [-0.25, -0.2) is 0 Å². The summed E-state index contributed by atoms with van der Waals surface area (Å²) in [6.45, 7) is -0.121. The first-order valence-corrected chi connectivity index (χ1v) is 6.51. The van der Waals surface area contributed by atoms with Gasteiger partial charge in [0, 0.05) is 11.1 Å². The molecule has 0 aliphatic heterocycles. The van der Waals surface area contributed by atoms with Crippen LogP contribution >= 0.6 is 11.6 Å². The highest BCUT2D eigenvalue weighted by molar-refractivity contribution is 6.30. The molecule has 1 aliphatic carbocycles. The summed E-state index contributed by atoms with van der Waals surface area (Å²) >= 11 is 5.74. The van der Waals surface area contributed by atoms with Crippen LogP contribution < -0.4 is 10.1 Å². The molecule has 6 heteroatoms. The second kappa shape index (κ2) is 6.43. The first kappa shape index (κ1) is 14.4. The van der Waals surface area contributed by atoms with Crippen LogP contribution in [0.15, 0.2) is 36.4 Å². The minimum absolute atomic E-state index is 0.121. The number of hydrogen-bond acceptors (Lipinski definition) is 3. The second-order valence-electron chi connectivity index (χ2n) is 4.48. The predicted octanol–water partition coefficient (Wildman–Crippen LogP) is 1.86. The molecule has 2 N–H and O–H groups in total. The third-order valence-electron chi connectivity index (χ3n) is 2.93. The van der Waals surface area contributed by atoms with E-state index < -0.39 is 11.9 Å². The lowest BCUT2D eigenvalue weighted by atomic mass is 10.1. The third-order valence-corrected chi connectivity index (χ3v) is 3.18. The lowest BCUT2D eigenvalue weighted by Crippen LogP contribution is -2.36. The van der Waals surface area contributed by atoms with Crippen LogP contribution in [0.3, 0.4) is 0 Å². The SMILES string of the molecule is O=C(COc1ccc(Cl)cc1)NC1C=CC(C(=O)O)C1. The Morgan fingerprint density at radius 3 is 2.60 bits per heavy atom. The monoisotopic (exact) mass is 295 g/mol. The van der Waals surface area contributed by atoms with Gasteiger partial charge in [-0.3, -0.25) is 9.59 Å². The molecule has 5 nitrogen and oxygen atoms in total. The van der Waals surface area contributed by atoms with Crippen LogP contribution in [-0.2, 0) is 9.59 Å². The van der Waals surface area contributed by atoms with E-state index in [1.54, 1.807) is 36.4 Å². The van der Waals surface area contributed by atoms with Crippen molar-refractivity contribution < 1.29 is 19.4 Å². The molecule has 1 aliphatic rings. The fourth-order valence-electron chi connectivity index (χ4n) is 1.92. The number of benzene rings is 1. The van der Waals surface area contributed by atoms with Crippen molar-refractivity contribution in [2.24, 2.45) is 5.92 Å². The summed E-state index contributed by atoms with van der Waals surface area (Å²) in [5, 5.41) is 12.1. The molecule has 1 amide bonds. The van der Waals surface area contributed by atoms with Gasteiger partial charge in [0.05, 0.1) is 5.92 Å². The predicted molar refractivity (Wildman–Crippen MR) is 73.8 cm³/mol. The number of ether oxygens (including phenoxy) is 1. The lowest BCUT2D eigenvalue weighted by Gasteiger charge is -2.12. The van der Waals surface area contributed by atoms with Gasteiger partial charge < -0.3 is 15.2 Å². The van der Waals surface area contributed by atoms with Gasteiger partial charge in [0.2, 0.25) is 0 Å². The molecule has 1 aromatic rings. The number of amides is 1. The molecule has 0 spiro atoms. The van der Waals surface area contributed by atoms with Gasteiger partial charge in [0.15, 0.2) is 6.61 Å². The van der Waals surface area contributed by atoms with Crippen LogP contribution in [0.2, 0.25) is 5.02 Å². The Bertz CT molecular complexity index is 526. The van der Waals surface area contributed by atoms with Crippen molar-refractivity contribution in [3.05, 3.63) is 41.4 Å². The number of carbonyl (C=O) groups is 2. The van der Waals surface area contributed by atoms with E-state index >= 15 is 0 Å². The van der Waals surface area contributed by atoms with Crippen molar-refractivity contribution in [3.63, 3.8) is 0 Å². The Balaban J connectivity index is 1.75. The molecule has 2 atom stereocenters. The molecule has 0 saturated heterocycles. The van der Waals surface area contributed by atoms with Crippen molar-refractivity contribution in [3.8, 4) is 5.75 Å². The van der Waals surface area contributed by atoms with Gasteiger partial charge in [-0.2, -0.15) is 0 Å². The minimum atomic E-state index is -0.879. The highest BCUT2D eigenvalue weighted by Gasteiger charge is 2.25. The van der Waals surface area contributed by atoms with Crippen LogP contribution in [0, 0.1) is 5.92 Å². The molecule has 0 fully saturated rings. The summed E-state index contributed by atoms with van der Waals surface area (Å²) in [5.41, 5.74) is 0. The van der Waals surface area contributed by atoms with E-state index in [1.807, 2.05) is 0 Å². The zero-order chi connectivity index (χ0) is 14.5. The Hall–Kier alpha value is -2.01. The molecule has 1 aromatic carbocycles. The average Bonchev–Trinajstić information content (AvgIpc) is 2.87. The molecule has 2 unspecified atom stereocenters. The highest BCUT2D eigenvalue weighted by atomic mass is 35.5. The summed E-state index contributed by atoms with van der Waals surface area (Å²) in [5.74, 6) is -1.15. The summed E-state index contributed by atoms with van der Waals surface area (Å²) < 4.78 is 5.30. The molecule has 20 heavy (non-hydrogen) atoms. The number of carbonyl (C=O) groups excluding carboxylic acids is 1. The Morgan fingerprint density at radius 1 is 1.30 bits per heavy atom. The fourth-order valence-corrected chi connectivity index (χ4v) is 2.04.